The van der Waals surface area contributed by atoms with Crippen molar-refractivity contribution in [3.8, 4) is 0 Å². The molecule has 1 amide bonds. The molecule has 0 aliphatic rings. The standard InChI is InChI=1S/C17H21ClN4OS.HI/c1-12-14(18)4-3-5-15(12)22-16(23)6-8-20-17(19-2)21-10-13-7-9-24-11-13;/h3-5,7,9,11H,6,8,10H2,1-2H3,(H,22,23)(H2,19,20,21);1H. The number of hydrogen-bond donors (Lipinski definition) is 3. The highest BCUT2D eigenvalue weighted by atomic mass is 127. The van der Waals surface area contributed by atoms with Crippen molar-refractivity contribution in [3.05, 3.63) is 51.2 Å². The first-order chi connectivity index (χ1) is 11.6. The molecular formula is C17H22ClIN4OS. The summed E-state index contributed by atoms with van der Waals surface area (Å²) in [5.74, 6) is 0.606. The summed E-state index contributed by atoms with van der Waals surface area (Å²) in [7, 11) is 1.71. The molecule has 0 spiro atoms. The second-order valence-corrected chi connectivity index (χ2v) is 6.38. The van der Waals surface area contributed by atoms with Crippen LogP contribution in [0.2, 0.25) is 5.02 Å². The molecule has 0 fully saturated rings. The Labute approximate surface area is 174 Å². The van der Waals surface area contributed by atoms with Gasteiger partial charge in [-0.15, -0.1) is 24.0 Å². The van der Waals surface area contributed by atoms with Crippen LogP contribution in [0.4, 0.5) is 5.69 Å². The number of nitrogens with zero attached hydrogens (tertiary/aromatic N) is 1. The molecule has 0 atom stereocenters. The summed E-state index contributed by atoms with van der Waals surface area (Å²) in [6.07, 6.45) is 0.338. The SMILES string of the molecule is CN=C(NCCC(=O)Nc1cccc(Cl)c1C)NCc1ccsc1.I. The van der Waals surface area contributed by atoms with Crippen molar-refractivity contribution in [1.82, 2.24) is 10.6 Å². The largest absolute Gasteiger partial charge is 0.356 e. The topological polar surface area (TPSA) is 65.5 Å². The quantitative estimate of drug-likeness (QED) is 0.324. The number of guanidine groups is 1. The molecule has 25 heavy (non-hydrogen) atoms. The summed E-state index contributed by atoms with van der Waals surface area (Å²) < 4.78 is 0. The van der Waals surface area contributed by atoms with Crippen molar-refractivity contribution in [2.75, 3.05) is 18.9 Å². The Bertz CT molecular complexity index is 707. The number of carbonyl (C=O) groups excluding carboxylic acids is 1. The van der Waals surface area contributed by atoms with Gasteiger partial charge in [0.25, 0.3) is 0 Å². The van der Waals surface area contributed by atoms with Crippen LogP contribution in [0.3, 0.4) is 0 Å². The molecule has 1 heterocycles. The third-order valence-corrected chi connectivity index (χ3v) is 4.59. The molecule has 2 rings (SSSR count). The van der Waals surface area contributed by atoms with Crippen LogP contribution in [-0.2, 0) is 11.3 Å². The van der Waals surface area contributed by atoms with Gasteiger partial charge >= 0.3 is 0 Å². The van der Waals surface area contributed by atoms with Crippen LogP contribution in [0.5, 0.6) is 0 Å². The van der Waals surface area contributed by atoms with Crippen LogP contribution in [0.25, 0.3) is 0 Å². The van der Waals surface area contributed by atoms with E-state index < -0.39 is 0 Å². The van der Waals surface area contributed by atoms with Crippen molar-refractivity contribution in [1.29, 1.82) is 0 Å². The van der Waals surface area contributed by atoms with Crippen molar-refractivity contribution >= 4 is 64.5 Å². The zero-order valence-corrected chi connectivity index (χ0v) is 18.0. The van der Waals surface area contributed by atoms with Gasteiger partial charge in [0.15, 0.2) is 5.96 Å². The van der Waals surface area contributed by atoms with E-state index in [1.807, 2.05) is 24.4 Å². The highest BCUT2D eigenvalue weighted by Crippen LogP contribution is 2.22. The second kappa shape index (κ2) is 11.3. The number of nitrogens with one attached hydrogen (secondary N) is 3. The van der Waals surface area contributed by atoms with Crippen molar-refractivity contribution in [3.63, 3.8) is 0 Å². The lowest BCUT2D eigenvalue weighted by atomic mass is 10.2. The molecule has 0 radical (unpaired) electrons. The van der Waals surface area contributed by atoms with E-state index in [0.29, 0.717) is 30.5 Å². The van der Waals surface area contributed by atoms with Crippen molar-refractivity contribution in [2.45, 2.75) is 19.9 Å². The first kappa shape index (κ1) is 21.7. The molecule has 0 aliphatic carbocycles. The van der Waals surface area contributed by atoms with E-state index in [1.165, 1.54) is 5.56 Å². The maximum absolute atomic E-state index is 12.0. The number of thiophene rings is 1. The molecule has 0 unspecified atom stereocenters. The van der Waals surface area contributed by atoms with Crippen LogP contribution in [0.15, 0.2) is 40.0 Å². The number of amides is 1. The normalized spacial score (nSPS) is 10.8. The van der Waals surface area contributed by atoms with Gasteiger partial charge in [0.1, 0.15) is 0 Å². The smallest absolute Gasteiger partial charge is 0.226 e. The van der Waals surface area contributed by atoms with Gasteiger partial charge < -0.3 is 16.0 Å². The highest BCUT2D eigenvalue weighted by Gasteiger charge is 2.07. The van der Waals surface area contributed by atoms with Crippen LogP contribution < -0.4 is 16.0 Å². The minimum Gasteiger partial charge on any atom is -0.356 e. The van der Waals surface area contributed by atoms with E-state index in [2.05, 4.69) is 32.4 Å². The van der Waals surface area contributed by atoms with Gasteiger partial charge in [-0.3, -0.25) is 9.79 Å². The fourth-order valence-corrected chi connectivity index (χ4v) is 2.89. The monoisotopic (exact) mass is 492 g/mol. The molecule has 0 saturated carbocycles. The predicted molar refractivity (Wildman–Crippen MR) is 117 cm³/mol. The van der Waals surface area contributed by atoms with Crippen LogP contribution in [-0.4, -0.2) is 25.5 Å². The van der Waals surface area contributed by atoms with Gasteiger partial charge in [-0.1, -0.05) is 17.7 Å². The molecular weight excluding hydrogens is 471 g/mol. The summed E-state index contributed by atoms with van der Waals surface area (Å²) in [5.41, 5.74) is 2.82. The molecule has 0 aliphatic heterocycles. The summed E-state index contributed by atoms with van der Waals surface area (Å²) in [4.78, 5) is 16.2. The molecule has 0 bridgehead atoms. The fourth-order valence-electron chi connectivity index (χ4n) is 2.05. The van der Waals surface area contributed by atoms with Crippen LogP contribution >= 0.6 is 46.9 Å². The van der Waals surface area contributed by atoms with Gasteiger partial charge in [0.2, 0.25) is 5.91 Å². The molecule has 3 N–H and O–H groups in total. The molecule has 0 saturated heterocycles. The summed E-state index contributed by atoms with van der Waals surface area (Å²) in [6.45, 7) is 3.08. The van der Waals surface area contributed by atoms with E-state index in [4.69, 9.17) is 11.6 Å². The Hall–Kier alpha value is -1.32. The van der Waals surface area contributed by atoms with E-state index in [0.717, 1.165) is 11.3 Å². The van der Waals surface area contributed by atoms with E-state index in [-0.39, 0.29) is 29.9 Å². The number of aliphatic imine (C=N–C) groups is 1. The minimum absolute atomic E-state index is 0. The average Bonchev–Trinajstić information content (AvgIpc) is 3.08. The second-order valence-electron chi connectivity index (χ2n) is 5.19. The predicted octanol–water partition coefficient (Wildman–Crippen LogP) is 4.02. The van der Waals surface area contributed by atoms with Gasteiger partial charge in [0.05, 0.1) is 0 Å². The lowest BCUT2D eigenvalue weighted by Gasteiger charge is -2.12. The van der Waals surface area contributed by atoms with E-state index in [1.54, 1.807) is 24.5 Å². The summed E-state index contributed by atoms with van der Waals surface area (Å²) in [5, 5.41) is 14.0. The average molecular weight is 493 g/mol. The minimum atomic E-state index is -0.0684. The Morgan fingerprint density at radius 1 is 1.28 bits per heavy atom. The zero-order valence-electron chi connectivity index (χ0n) is 14.1. The zero-order chi connectivity index (χ0) is 17.4. The van der Waals surface area contributed by atoms with Crippen molar-refractivity contribution < 1.29 is 4.79 Å². The maximum Gasteiger partial charge on any atom is 0.226 e. The number of halogens is 2. The Morgan fingerprint density at radius 3 is 2.76 bits per heavy atom. The summed E-state index contributed by atoms with van der Waals surface area (Å²) >= 11 is 7.71. The lowest BCUT2D eigenvalue weighted by molar-refractivity contribution is -0.116. The highest BCUT2D eigenvalue weighted by molar-refractivity contribution is 14.0. The van der Waals surface area contributed by atoms with Crippen LogP contribution in [0, 0.1) is 6.92 Å². The van der Waals surface area contributed by atoms with E-state index >= 15 is 0 Å². The first-order valence-corrected chi connectivity index (χ1v) is 8.93. The molecule has 5 nitrogen and oxygen atoms in total. The van der Waals surface area contributed by atoms with Gasteiger partial charge in [-0.05, 0) is 47.0 Å². The Balaban J connectivity index is 0.00000312. The van der Waals surface area contributed by atoms with Gasteiger partial charge in [-0.25, -0.2) is 0 Å². The van der Waals surface area contributed by atoms with Crippen molar-refractivity contribution in [2.24, 2.45) is 4.99 Å². The molecule has 136 valence electrons. The summed E-state index contributed by atoms with van der Waals surface area (Å²) in [6, 6.07) is 7.52. The Kier molecular flexibility index (Phi) is 9.84. The lowest BCUT2D eigenvalue weighted by Crippen LogP contribution is -2.38. The molecule has 1 aromatic carbocycles. The first-order valence-electron chi connectivity index (χ1n) is 7.60. The number of benzene rings is 1. The molecule has 1 aromatic heterocycles. The number of hydrogen-bond acceptors (Lipinski definition) is 3. The number of anilines is 1. The van der Waals surface area contributed by atoms with E-state index in [9.17, 15) is 4.79 Å². The number of rotatable bonds is 6. The molecule has 8 heteroatoms. The number of carbonyl (C=O) groups is 1. The van der Waals surface area contributed by atoms with Crippen LogP contribution in [0.1, 0.15) is 17.5 Å². The molecule has 2 aromatic rings. The third-order valence-electron chi connectivity index (χ3n) is 3.45. The van der Waals surface area contributed by atoms with Gasteiger partial charge in [0, 0.05) is 37.3 Å². The maximum atomic E-state index is 12.0. The fraction of sp³-hybridized carbons (Fsp3) is 0.294. The van der Waals surface area contributed by atoms with Gasteiger partial charge in [-0.2, -0.15) is 11.3 Å². The Morgan fingerprint density at radius 2 is 2.08 bits per heavy atom. The third kappa shape index (κ3) is 7.21.